The topological polar surface area (TPSA) is 84.1 Å². The fourth-order valence-electron chi connectivity index (χ4n) is 3.74. The zero-order chi connectivity index (χ0) is 20.7. The minimum Gasteiger partial charge on any atom is -0.494 e. The first kappa shape index (κ1) is 18.3. The van der Waals surface area contributed by atoms with Gasteiger partial charge in [-0.3, -0.25) is 9.47 Å². The molecule has 2 aromatic carbocycles. The number of ether oxygens (including phenoxy) is 1. The van der Waals surface area contributed by atoms with Crippen LogP contribution in [0.15, 0.2) is 58.8 Å². The summed E-state index contributed by atoms with van der Waals surface area (Å²) in [6.45, 7) is 2.46. The molecule has 8 nitrogen and oxygen atoms in total. The number of benzene rings is 2. The number of nitrogens with one attached hydrogen (secondary N) is 1. The number of halogens is 1. The number of hydrogen-bond donors (Lipinski definition) is 1. The Hall–Kier alpha value is -3.75. The van der Waals surface area contributed by atoms with Gasteiger partial charge in [0.05, 0.1) is 24.2 Å². The molecule has 152 valence electrons. The SMILES string of the molecule is CCOc1ccc(F)cc1CN1C(=O)NC2C=NC(n3cnc4ccccc43)=NC21. The van der Waals surface area contributed by atoms with Crippen molar-refractivity contribution in [1.82, 2.24) is 19.8 Å². The number of nitrogens with zero attached hydrogens (tertiary/aromatic N) is 5. The molecular weight excluding hydrogens is 387 g/mol. The van der Waals surface area contributed by atoms with E-state index >= 15 is 0 Å². The van der Waals surface area contributed by atoms with Crippen LogP contribution in [0.2, 0.25) is 0 Å². The number of urea groups is 1. The maximum atomic E-state index is 13.9. The van der Waals surface area contributed by atoms with E-state index < -0.39 is 6.17 Å². The van der Waals surface area contributed by atoms with Gasteiger partial charge in [-0.15, -0.1) is 0 Å². The van der Waals surface area contributed by atoms with E-state index in [-0.39, 0.29) is 24.4 Å². The summed E-state index contributed by atoms with van der Waals surface area (Å²) >= 11 is 0. The smallest absolute Gasteiger partial charge is 0.320 e. The Balaban J connectivity index is 1.49. The van der Waals surface area contributed by atoms with E-state index in [4.69, 9.17) is 9.73 Å². The van der Waals surface area contributed by atoms with Crippen molar-refractivity contribution >= 4 is 29.2 Å². The number of aromatic nitrogens is 2. The first-order valence-electron chi connectivity index (χ1n) is 9.67. The van der Waals surface area contributed by atoms with Gasteiger partial charge in [0.2, 0.25) is 5.96 Å². The number of carbonyl (C=O) groups is 1. The van der Waals surface area contributed by atoms with Gasteiger partial charge in [0, 0.05) is 11.8 Å². The van der Waals surface area contributed by atoms with Crippen molar-refractivity contribution in [3.05, 3.63) is 60.2 Å². The van der Waals surface area contributed by atoms with E-state index in [1.54, 1.807) is 28.1 Å². The summed E-state index contributed by atoms with van der Waals surface area (Å²) in [5.74, 6) is 0.601. The molecule has 0 bridgehead atoms. The van der Waals surface area contributed by atoms with Gasteiger partial charge in [-0.1, -0.05) is 12.1 Å². The molecule has 2 aliphatic rings. The molecule has 5 rings (SSSR count). The lowest BCUT2D eigenvalue weighted by Crippen LogP contribution is -2.39. The minimum atomic E-state index is -0.510. The Morgan fingerprint density at radius 3 is 2.97 bits per heavy atom. The highest BCUT2D eigenvalue weighted by molar-refractivity contribution is 6.00. The van der Waals surface area contributed by atoms with Crippen LogP contribution in [-0.2, 0) is 6.54 Å². The third kappa shape index (κ3) is 3.08. The molecule has 2 unspecified atom stereocenters. The predicted octanol–water partition coefficient (Wildman–Crippen LogP) is 2.78. The number of aliphatic imine (C=N–C) groups is 2. The largest absolute Gasteiger partial charge is 0.494 e. The van der Waals surface area contributed by atoms with Crippen molar-refractivity contribution in [3.63, 3.8) is 0 Å². The van der Waals surface area contributed by atoms with Gasteiger partial charge in [0.1, 0.15) is 23.9 Å². The number of hydrogen-bond acceptors (Lipinski definition) is 5. The van der Waals surface area contributed by atoms with Gasteiger partial charge in [-0.05, 0) is 37.3 Å². The fraction of sp³-hybridized carbons (Fsp3) is 0.238. The number of fused-ring (bicyclic) bond motifs is 2. The highest BCUT2D eigenvalue weighted by Gasteiger charge is 2.41. The summed E-state index contributed by atoms with van der Waals surface area (Å²) in [5.41, 5.74) is 2.29. The van der Waals surface area contributed by atoms with Crippen LogP contribution in [0.4, 0.5) is 9.18 Å². The van der Waals surface area contributed by atoms with Crippen molar-refractivity contribution in [3.8, 4) is 5.75 Å². The lowest BCUT2D eigenvalue weighted by Gasteiger charge is -2.25. The minimum absolute atomic E-state index is 0.162. The van der Waals surface area contributed by atoms with Crippen LogP contribution < -0.4 is 10.1 Å². The third-order valence-corrected chi connectivity index (χ3v) is 5.12. The normalized spacial score (nSPS) is 20.3. The van der Waals surface area contributed by atoms with E-state index in [1.165, 1.54) is 12.1 Å². The van der Waals surface area contributed by atoms with Gasteiger partial charge in [0.15, 0.2) is 6.17 Å². The molecule has 1 saturated heterocycles. The van der Waals surface area contributed by atoms with E-state index in [0.717, 1.165) is 11.0 Å². The fourth-order valence-corrected chi connectivity index (χ4v) is 3.74. The van der Waals surface area contributed by atoms with Crippen LogP contribution in [0.1, 0.15) is 12.5 Å². The van der Waals surface area contributed by atoms with Crippen LogP contribution >= 0.6 is 0 Å². The van der Waals surface area contributed by atoms with Crippen molar-refractivity contribution in [2.24, 2.45) is 9.98 Å². The standard InChI is InChI=1S/C21H19FN6O2/c1-2-30-18-8-7-14(22)9-13(18)11-27-19-16(25-21(27)29)10-23-20(26-19)28-12-24-15-5-3-4-6-17(15)28/h3-10,12,16,19H,2,11H2,1H3,(H,25,29). The maximum absolute atomic E-state index is 13.9. The Morgan fingerprint density at radius 1 is 1.23 bits per heavy atom. The Labute approximate surface area is 171 Å². The molecule has 3 heterocycles. The molecule has 1 fully saturated rings. The number of imidazole rings is 1. The van der Waals surface area contributed by atoms with E-state index in [0.29, 0.717) is 23.9 Å². The zero-order valence-corrected chi connectivity index (χ0v) is 16.2. The number of para-hydroxylation sites is 2. The molecular formula is C21H19FN6O2. The molecule has 0 radical (unpaired) electrons. The summed E-state index contributed by atoms with van der Waals surface area (Å²) in [5, 5.41) is 2.87. The van der Waals surface area contributed by atoms with Gasteiger partial charge in [-0.2, -0.15) is 0 Å². The third-order valence-electron chi connectivity index (χ3n) is 5.12. The van der Waals surface area contributed by atoms with Crippen molar-refractivity contribution < 1.29 is 13.9 Å². The van der Waals surface area contributed by atoms with Gasteiger partial charge >= 0.3 is 6.03 Å². The lowest BCUT2D eigenvalue weighted by atomic mass is 10.1. The quantitative estimate of drug-likeness (QED) is 0.723. The molecule has 1 N–H and O–H groups in total. The molecule has 0 saturated carbocycles. The molecule has 30 heavy (non-hydrogen) atoms. The molecule has 9 heteroatoms. The summed E-state index contributed by atoms with van der Waals surface area (Å²) in [6, 6.07) is 11.3. The summed E-state index contributed by atoms with van der Waals surface area (Å²) < 4.78 is 21.2. The van der Waals surface area contributed by atoms with Crippen molar-refractivity contribution in [2.75, 3.05) is 6.61 Å². The number of amides is 2. The van der Waals surface area contributed by atoms with Gasteiger partial charge < -0.3 is 10.1 Å². The summed E-state index contributed by atoms with van der Waals surface area (Å²) in [7, 11) is 0. The van der Waals surface area contributed by atoms with Crippen LogP contribution in [-0.4, -0.2) is 51.5 Å². The molecule has 2 atom stereocenters. The second-order valence-electron chi connectivity index (χ2n) is 7.01. The van der Waals surface area contributed by atoms with E-state index in [1.807, 2.05) is 31.2 Å². The van der Waals surface area contributed by atoms with Crippen LogP contribution in [0, 0.1) is 5.82 Å². The highest BCUT2D eigenvalue weighted by Crippen LogP contribution is 2.27. The van der Waals surface area contributed by atoms with Crippen molar-refractivity contribution in [1.29, 1.82) is 0 Å². The van der Waals surface area contributed by atoms with Crippen LogP contribution in [0.25, 0.3) is 11.0 Å². The second-order valence-corrected chi connectivity index (χ2v) is 7.01. The lowest BCUT2D eigenvalue weighted by molar-refractivity contribution is 0.200. The highest BCUT2D eigenvalue weighted by atomic mass is 19.1. The maximum Gasteiger partial charge on any atom is 0.320 e. The molecule has 2 amide bonds. The Bertz CT molecular complexity index is 1190. The Morgan fingerprint density at radius 2 is 2.10 bits per heavy atom. The van der Waals surface area contributed by atoms with E-state index in [2.05, 4.69) is 15.3 Å². The zero-order valence-electron chi connectivity index (χ0n) is 16.2. The van der Waals surface area contributed by atoms with Crippen LogP contribution in [0.3, 0.4) is 0 Å². The Kier molecular flexibility index (Phi) is 4.42. The summed E-state index contributed by atoms with van der Waals surface area (Å²) in [4.78, 5) is 27.7. The first-order chi connectivity index (χ1) is 14.6. The van der Waals surface area contributed by atoms with Crippen LogP contribution in [0.5, 0.6) is 5.75 Å². The van der Waals surface area contributed by atoms with E-state index in [9.17, 15) is 9.18 Å². The van der Waals surface area contributed by atoms with Gasteiger partial charge in [-0.25, -0.2) is 24.2 Å². The molecule has 0 spiro atoms. The average Bonchev–Trinajstić information content (AvgIpc) is 3.31. The number of rotatable bonds is 4. The number of carbonyl (C=O) groups excluding carboxylic acids is 1. The van der Waals surface area contributed by atoms with Gasteiger partial charge in [0.25, 0.3) is 0 Å². The predicted molar refractivity (Wildman–Crippen MR) is 110 cm³/mol. The molecule has 1 aromatic heterocycles. The monoisotopic (exact) mass is 406 g/mol. The molecule has 2 aliphatic heterocycles. The van der Waals surface area contributed by atoms with Crippen molar-refractivity contribution in [2.45, 2.75) is 25.7 Å². The summed E-state index contributed by atoms with van der Waals surface area (Å²) in [6.07, 6.45) is 2.83. The first-order valence-corrected chi connectivity index (χ1v) is 9.67. The second kappa shape index (κ2) is 7.25. The average molecular weight is 406 g/mol. The molecule has 3 aromatic rings. The molecule has 0 aliphatic carbocycles.